The highest BCUT2D eigenvalue weighted by molar-refractivity contribution is 6.73. The molecule has 0 saturated carbocycles. The predicted octanol–water partition coefficient (Wildman–Crippen LogP) is 3.14. The van der Waals surface area contributed by atoms with Gasteiger partial charge in [0.15, 0.2) is 8.24 Å². The minimum atomic E-state index is -1.47. The molecule has 0 saturated heterocycles. The molecule has 0 aliphatic heterocycles. The molecule has 0 atom stereocenters. The predicted molar refractivity (Wildman–Crippen MR) is 79.4 cm³/mol. The lowest BCUT2D eigenvalue weighted by Crippen LogP contribution is -2.40. The highest BCUT2D eigenvalue weighted by Crippen LogP contribution is 2.11. The largest absolute Gasteiger partial charge is 0.327 e. The molecule has 1 aromatic rings. The third kappa shape index (κ3) is 4.45. The summed E-state index contributed by atoms with van der Waals surface area (Å²) in [5.41, 5.74) is 1.88. The number of carbonyl (C=O) groups excluding carboxylic acids is 1. The molecule has 0 bridgehead atoms. The number of rotatable bonds is 5. The third-order valence-corrected chi connectivity index (χ3v) is 4.81. The van der Waals surface area contributed by atoms with E-state index in [1.165, 1.54) is 0 Å². The van der Waals surface area contributed by atoms with Crippen molar-refractivity contribution in [2.45, 2.75) is 33.0 Å². The summed E-state index contributed by atoms with van der Waals surface area (Å²) < 4.78 is 2.04. The molecule has 0 N–H and O–H groups in total. The van der Waals surface area contributed by atoms with E-state index in [1.807, 2.05) is 42.1 Å². The molecule has 0 radical (unpaired) electrons. The number of nitrogens with zero attached hydrogens (tertiary/aromatic N) is 2. The quantitative estimate of drug-likeness (QED) is 0.464. The van der Waals surface area contributed by atoms with E-state index in [1.54, 1.807) is 6.92 Å². The van der Waals surface area contributed by atoms with Crippen molar-refractivity contribution in [2.75, 3.05) is 7.05 Å². The van der Waals surface area contributed by atoms with Crippen LogP contribution >= 0.6 is 0 Å². The number of ketones is 1. The summed E-state index contributed by atoms with van der Waals surface area (Å²) in [5, 5.41) is 4.65. The van der Waals surface area contributed by atoms with Gasteiger partial charge in [0.05, 0.1) is 12.1 Å². The molecule has 98 valence electrons. The van der Waals surface area contributed by atoms with E-state index in [9.17, 15) is 4.79 Å². The van der Waals surface area contributed by atoms with Crippen LogP contribution in [0.5, 0.6) is 0 Å². The van der Waals surface area contributed by atoms with Crippen molar-refractivity contribution in [3.8, 4) is 0 Å². The van der Waals surface area contributed by atoms with Crippen LogP contribution in [0.15, 0.2) is 35.4 Å². The fraction of sp³-hybridized carbons (Fsp3) is 0.429. The highest BCUT2D eigenvalue weighted by atomic mass is 28.3. The number of carbonyl (C=O) groups is 1. The molecule has 1 rings (SSSR count). The Morgan fingerprint density at radius 1 is 1.22 bits per heavy atom. The average molecular weight is 262 g/mol. The fourth-order valence-corrected chi connectivity index (χ4v) is 1.81. The number of benzene rings is 1. The van der Waals surface area contributed by atoms with Crippen LogP contribution in [0.25, 0.3) is 0 Å². The Hall–Kier alpha value is -1.42. The standard InChI is InChI=1S/C14H22N2OSi/c1-12(17)11-14(13-9-7-6-8-10-13)15-16(2)18(3,4)5/h6-10H,11H2,1-5H3/b15-14+. The first-order valence-corrected chi connectivity index (χ1v) is 9.61. The van der Waals surface area contributed by atoms with Gasteiger partial charge in [0, 0.05) is 7.05 Å². The van der Waals surface area contributed by atoms with Gasteiger partial charge in [0.2, 0.25) is 0 Å². The summed E-state index contributed by atoms with van der Waals surface area (Å²) in [5.74, 6) is 0.140. The molecule has 1 aromatic carbocycles. The van der Waals surface area contributed by atoms with E-state index in [0.717, 1.165) is 11.3 Å². The van der Waals surface area contributed by atoms with Gasteiger partial charge < -0.3 is 4.67 Å². The van der Waals surface area contributed by atoms with E-state index in [2.05, 4.69) is 24.7 Å². The van der Waals surface area contributed by atoms with Crippen LogP contribution in [-0.4, -0.2) is 31.5 Å². The zero-order valence-corrected chi connectivity index (χ0v) is 12.9. The smallest absolute Gasteiger partial charge is 0.168 e. The summed E-state index contributed by atoms with van der Waals surface area (Å²) >= 11 is 0. The molecule has 0 fully saturated rings. The maximum Gasteiger partial charge on any atom is 0.168 e. The molecule has 0 unspecified atom stereocenters. The Morgan fingerprint density at radius 2 is 1.78 bits per heavy atom. The zero-order valence-electron chi connectivity index (χ0n) is 11.9. The van der Waals surface area contributed by atoms with Crippen LogP contribution in [0.3, 0.4) is 0 Å². The number of hydrogen-bond donors (Lipinski definition) is 0. The Balaban J connectivity index is 3.06. The first kappa shape index (κ1) is 14.6. The fourth-order valence-electron chi connectivity index (χ4n) is 1.39. The third-order valence-electron chi connectivity index (χ3n) is 2.76. The Labute approximate surface area is 111 Å². The summed E-state index contributed by atoms with van der Waals surface area (Å²) in [6.07, 6.45) is 0.388. The number of hydrazone groups is 1. The van der Waals surface area contributed by atoms with E-state index in [-0.39, 0.29) is 5.78 Å². The van der Waals surface area contributed by atoms with E-state index < -0.39 is 8.24 Å². The van der Waals surface area contributed by atoms with Crippen LogP contribution < -0.4 is 0 Å². The lowest BCUT2D eigenvalue weighted by atomic mass is 10.1. The maximum absolute atomic E-state index is 11.4. The maximum atomic E-state index is 11.4. The second-order valence-electron chi connectivity index (χ2n) is 5.49. The van der Waals surface area contributed by atoms with Gasteiger partial charge in [-0.05, 0) is 12.5 Å². The van der Waals surface area contributed by atoms with Gasteiger partial charge in [-0.1, -0.05) is 50.0 Å². The monoisotopic (exact) mass is 262 g/mol. The van der Waals surface area contributed by atoms with Crippen molar-refractivity contribution < 1.29 is 4.79 Å². The SMILES string of the molecule is CC(=O)C/C(=N\N(C)[Si](C)(C)C)c1ccccc1. The van der Waals surface area contributed by atoms with Gasteiger partial charge in [-0.25, -0.2) is 0 Å². The first-order valence-electron chi connectivity index (χ1n) is 6.17. The molecule has 0 aliphatic carbocycles. The summed E-state index contributed by atoms with van der Waals surface area (Å²) in [6.45, 7) is 8.29. The van der Waals surface area contributed by atoms with E-state index in [0.29, 0.717) is 6.42 Å². The molecular formula is C14H22N2OSi. The second kappa shape index (κ2) is 5.95. The summed E-state index contributed by atoms with van der Waals surface area (Å²) in [4.78, 5) is 11.4. The van der Waals surface area contributed by atoms with Crippen LogP contribution in [0, 0.1) is 0 Å². The Morgan fingerprint density at radius 3 is 2.22 bits per heavy atom. The minimum Gasteiger partial charge on any atom is -0.327 e. The Bertz CT molecular complexity index is 435. The molecular weight excluding hydrogens is 240 g/mol. The van der Waals surface area contributed by atoms with E-state index >= 15 is 0 Å². The number of hydrogen-bond acceptors (Lipinski definition) is 3. The number of Topliss-reactive ketones (excluding diaryl/α,β-unsaturated/α-hetero) is 1. The minimum absolute atomic E-state index is 0.140. The summed E-state index contributed by atoms with van der Waals surface area (Å²) in [7, 11) is 0.523. The van der Waals surface area contributed by atoms with Gasteiger partial charge in [-0.15, -0.1) is 0 Å². The Kier molecular flexibility index (Phi) is 4.84. The highest BCUT2D eigenvalue weighted by Gasteiger charge is 2.20. The first-order chi connectivity index (χ1) is 8.30. The van der Waals surface area contributed by atoms with Gasteiger partial charge in [-0.3, -0.25) is 4.79 Å². The van der Waals surface area contributed by atoms with Crippen molar-refractivity contribution in [1.29, 1.82) is 0 Å². The lowest BCUT2D eigenvalue weighted by Gasteiger charge is -2.28. The van der Waals surface area contributed by atoms with Crippen molar-refractivity contribution >= 4 is 19.7 Å². The second-order valence-corrected chi connectivity index (χ2v) is 10.5. The zero-order chi connectivity index (χ0) is 13.8. The molecule has 4 heteroatoms. The van der Waals surface area contributed by atoms with Gasteiger partial charge in [0.1, 0.15) is 5.78 Å². The molecule has 0 amide bonds. The van der Waals surface area contributed by atoms with Crippen molar-refractivity contribution in [3.05, 3.63) is 35.9 Å². The van der Waals surface area contributed by atoms with Gasteiger partial charge >= 0.3 is 0 Å². The van der Waals surface area contributed by atoms with E-state index in [4.69, 9.17) is 0 Å². The molecule has 0 aromatic heterocycles. The topological polar surface area (TPSA) is 32.7 Å². The van der Waals surface area contributed by atoms with Crippen molar-refractivity contribution in [3.63, 3.8) is 0 Å². The van der Waals surface area contributed by atoms with Crippen LogP contribution in [0.1, 0.15) is 18.9 Å². The van der Waals surface area contributed by atoms with Gasteiger partial charge in [0.25, 0.3) is 0 Å². The molecule has 18 heavy (non-hydrogen) atoms. The lowest BCUT2D eigenvalue weighted by molar-refractivity contribution is -0.115. The summed E-state index contributed by atoms with van der Waals surface area (Å²) in [6, 6.07) is 9.91. The van der Waals surface area contributed by atoms with Crippen LogP contribution in [-0.2, 0) is 4.79 Å². The van der Waals surface area contributed by atoms with Gasteiger partial charge in [-0.2, -0.15) is 5.10 Å². The average Bonchev–Trinajstić information content (AvgIpc) is 2.27. The van der Waals surface area contributed by atoms with Crippen LogP contribution in [0.4, 0.5) is 0 Å². The van der Waals surface area contributed by atoms with Crippen LogP contribution in [0.2, 0.25) is 19.6 Å². The molecule has 3 nitrogen and oxygen atoms in total. The normalized spacial score (nSPS) is 12.4. The van der Waals surface area contributed by atoms with Crippen molar-refractivity contribution in [2.24, 2.45) is 5.10 Å². The van der Waals surface area contributed by atoms with Crippen molar-refractivity contribution in [1.82, 2.24) is 4.67 Å². The molecule has 0 aliphatic rings. The molecule has 0 spiro atoms. The molecule has 0 heterocycles.